The van der Waals surface area contributed by atoms with Gasteiger partial charge in [0.25, 0.3) is 5.72 Å². The molecule has 0 radical (unpaired) electrons. The molecule has 0 unspecified atom stereocenters. The predicted molar refractivity (Wildman–Crippen MR) is 49.3 cm³/mol. The Bertz CT molecular complexity index is 398. The molecule has 0 aromatic heterocycles. The van der Waals surface area contributed by atoms with E-state index >= 15 is 0 Å². The van der Waals surface area contributed by atoms with Crippen LogP contribution >= 0.6 is 0 Å². The summed E-state index contributed by atoms with van der Waals surface area (Å²) in [4.78, 5) is 12.9. The van der Waals surface area contributed by atoms with E-state index in [9.17, 15) is 18.0 Å². The number of halogens is 3. The van der Waals surface area contributed by atoms with Gasteiger partial charge in [-0.2, -0.15) is 18.2 Å². The van der Waals surface area contributed by atoms with Gasteiger partial charge in [0, 0.05) is 12.7 Å². The van der Waals surface area contributed by atoms with Gasteiger partial charge in [-0.1, -0.05) is 30.3 Å². The molecule has 1 rings (SSSR count). The molecule has 0 saturated carbocycles. The summed E-state index contributed by atoms with van der Waals surface area (Å²) in [6.45, 7) is 0. The van der Waals surface area contributed by atoms with Crippen molar-refractivity contribution in [2.45, 2.75) is 11.9 Å². The van der Waals surface area contributed by atoms with E-state index < -0.39 is 11.9 Å². The smallest absolute Gasteiger partial charge is 0.345 e. The number of hydrogen-bond donors (Lipinski definition) is 0. The Hall–Kier alpha value is -1.65. The Kier molecular flexibility index (Phi) is 3.47. The fourth-order valence-electron chi connectivity index (χ4n) is 1.30. The van der Waals surface area contributed by atoms with Crippen LogP contribution in [0.5, 0.6) is 0 Å². The van der Waals surface area contributed by atoms with Crippen molar-refractivity contribution in [3.63, 3.8) is 0 Å². The summed E-state index contributed by atoms with van der Waals surface area (Å²) in [5.74, 6) is 0. The SMILES string of the molecule is CO[C@@](N=C=O)(c1ccccc1)C(F)(F)F. The van der Waals surface area contributed by atoms with Crippen molar-refractivity contribution >= 4 is 6.08 Å². The van der Waals surface area contributed by atoms with Gasteiger partial charge in [0.05, 0.1) is 0 Å². The van der Waals surface area contributed by atoms with E-state index in [-0.39, 0.29) is 5.56 Å². The van der Waals surface area contributed by atoms with E-state index in [4.69, 9.17) is 0 Å². The predicted octanol–water partition coefficient (Wildman–Crippen LogP) is 2.38. The number of ether oxygens (including phenoxy) is 1. The molecule has 0 N–H and O–H groups in total. The van der Waals surface area contributed by atoms with Crippen molar-refractivity contribution in [2.24, 2.45) is 4.99 Å². The Labute approximate surface area is 89.6 Å². The van der Waals surface area contributed by atoms with Crippen LogP contribution in [0.4, 0.5) is 13.2 Å². The lowest BCUT2D eigenvalue weighted by atomic mass is 10.0. The standard InChI is InChI=1S/C10H8F3NO2/c1-16-9(14-7-15,10(11,12)13)8-5-3-2-4-6-8/h2-6H,1H3/t9-/m0/s1. The highest BCUT2D eigenvalue weighted by atomic mass is 19.4. The number of isocyanates is 1. The van der Waals surface area contributed by atoms with Crippen molar-refractivity contribution < 1.29 is 22.7 Å². The molecule has 1 aromatic rings. The van der Waals surface area contributed by atoms with E-state index in [0.717, 1.165) is 13.2 Å². The molecule has 1 atom stereocenters. The summed E-state index contributed by atoms with van der Waals surface area (Å²) in [5, 5.41) is 0. The molecular weight excluding hydrogens is 223 g/mol. The molecule has 0 bridgehead atoms. The zero-order valence-corrected chi connectivity index (χ0v) is 8.28. The summed E-state index contributed by atoms with van der Waals surface area (Å²) in [6.07, 6.45) is -3.94. The average molecular weight is 231 g/mol. The molecule has 0 fully saturated rings. The molecule has 0 aliphatic carbocycles. The van der Waals surface area contributed by atoms with Crippen LogP contribution in [0.25, 0.3) is 0 Å². The first-order valence-corrected chi connectivity index (χ1v) is 4.24. The Balaban J connectivity index is 3.41. The third-order valence-corrected chi connectivity index (χ3v) is 2.05. The molecule has 86 valence electrons. The van der Waals surface area contributed by atoms with Gasteiger partial charge < -0.3 is 4.74 Å². The zero-order valence-electron chi connectivity index (χ0n) is 8.28. The van der Waals surface area contributed by atoms with Gasteiger partial charge in [-0.25, -0.2) is 4.79 Å². The number of rotatable bonds is 3. The summed E-state index contributed by atoms with van der Waals surface area (Å²) in [6, 6.07) is 6.70. The maximum absolute atomic E-state index is 12.9. The highest BCUT2D eigenvalue weighted by Crippen LogP contribution is 2.42. The Morgan fingerprint density at radius 1 is 1.25 bits per heavy atom. The van der Waals surface area contributed by atoms with Crippen molar-refractivity contribution in [3.8, 4) is 0 Å². The summed E-state index contributed by atoms with van der Waals surface area (Å²) < 4.78 is 42.9. The van der Waals surface area contributed by atoms with E-state index in [1.807, 2.05) is 0 Å². The fraction of sp³-hybridized carbons (Fsp3) is 0.300. The number of benzene rings is 1. The van der Waals surface area contributed by atoms with Crippen LogP contribution in [0.3, 0.4) is 0 Å². The molecule has 0 amide bonds. The normalized spacial score (nSPS) is 15.0. The molecule has 0 saturated heterocycles. The number of methoxy groups -OCH3 is 1. The second kappa shape index (κ2) is 4.47. The quantitative estimate of drug-likeness (QED) is 0.591. The number of aliphatic imine (C=N–C) groups is 1. The largest absolute Gasteiger partial charge is 0.444 e. The van der Waals surface area contributed by atoms with Gasteiger partial charge >= 0.3 is 6.18 Å². The van der Waals surface area contributed by atoms with Crippen LogP contribution in [0.15, 0.2) is 35.3 Å². The lowest BCUT2D eigenvalue weighted by Gasteiger charge is -2.29. The van der Waals surface area contributed by atoms with Crippen LogP contribution in [-0.2, 0) is 15.3 Å². The van der Waals surface area contributed by atoms with Gasteiger partial charge in [-0.05, 0) is 0 Å². The van der Waals surface area contributed by atoms with Gasteiger partial charge in [-0.15, -0.1) is 0 Å². The second-order valence-corrected chi connectivity index (χ2v) is 2.92. The number of nitrogens with zero attached hydrogens (tertiary/aromatic N) is 1. The minimum absolute atomic E-state index is 0.270. The average Bonchev–Trinajstić information content (AvgIpc) is 2.25. The molecule has 3 nitrogen and oxygen atoms in total. The monoisotopic (exact) mass is 231 g/mol. The topological polar surface area (TPSA) is 38.7 Å². The van der Waals surface area contributed by atoms with Gasteiger partial charge in [-0.3, -0.25) is 0 Å². The van der Waals surface area contributed by atoms with Crippen LogP contribution in [0.2, 0.25) is 0 Å². The number of hydrogen-bond acceptors (Lipinski definition) is 3. The fourth-order valence-corrected chi connectivity index (χ4v) is 1.30. The first kappa shape index (κ1) is 12.4. The maximum Gasteiger partial charge on any atom is 0.444 e. The maximum atomic E-state index is 12.9. The van der Waals surface area contributed by atoms with Gasteiger partial charge in [0.2, 0.25) is 6.08 Å². The molecule has 0 heterocycles. The van der Waals surface area contributed by atoms with Crippen molar-refractivity contribution in [2.75, 3.05) is 7.11 Å². The van der Waals surface area contributed by atoms with E-state index in [2.05, 4.69) is 9.73 Å². The Morgan fingerprint density at radius 3 is 2.19 bits per heavy atom. The third-order valence-electron chi connectivity index (χ3n) is 2.05. The summed E-state index contributed by atoms with van der Waals surface area (Å²) in [7, 11) is 0.835. The van der Waals surface area contributed by atoms with Crippen molar-refractivity contribution in [1.82, 2.24) is 0 Å². The third kappa shape index (κ3) is 1.98. The molecule has 0 aliphatic rings. The molecule has 6 heteroatoms. The minimum atomic E-state index is -4.83. The van der Waals surface area contributed by atoms with Crippen LogP contribution in [0.1, 0.15) is 5.56 Å². The van der Waals surface area contributed by atoms with Gasteiger partial charge in [0.1, 0.15) is 0 Å². The van der Waals surface area contributed by atoms with E-state index in [1.54, 1.807) is 6.07 Å². The second-order valence-electron chi connectivity index (χ2n) is 2.92. The number of alkyl halides is 3. The summed E-state index contributed by atoms with van der Waals surface area (Å²) >= 11 is 0. The molecular formula is C10H8F3NO2. The molecule has 0 aliphatic heterocycles. The lowest BCUT2D eigenvalue weighted by molar-refractivity contribution is -0.273. The minimum Gasteiger partial charge on any atom is -0.345 e. The molecule has 1 aromatic carbocycles. The first-order valence-electron chi connectivity index (χ1n) is 4.24. The highest BCUT2D eigenvalue weighted by molar-refractivity contribution is 5.37. The van der Waals surface area contributed by atoms with E-state index in [1.165, 1.54) is 24.3 Å². The zero-order chi connectivity index (χ0) is 12.2. The van der Waals surface area contributed by atoms with Crippen LogP contribution in [0, 0.1) is 0 Å². The highest BCUT2D eigenvalue weighted by Gasteiger charge is 2.57. The van der Waals surface area contributed by atoms with E-state index in [0.29, 0.717) is 0 Å². The van der Waals surface area contributed by atoms with Crippen LogP contribution < -0.4 is 0 Å². The van der Waals surface area contributed by atoms with Gasteiger partial charge in [0.15, 0.2) is 0 Å². The van der Waals surface area contributed by atoms with Crippen molar-refractivity contribution in [3.05, 3.63) is 35.9 Å². The first-order chi connectivity index (χ1) is 7.48. The molecule has 0 spiro atoms. The molecule has 16 heavy (non-hydrogen) atoms. The van der Waals surface area contributed by atoms with Crippen molar-refractivity contribution in [1.29, 1.82) is 0 Å². The lowest BCUT2D eigenvalue weighted by Crippen LogP contribution is -2.42. The summed E-state index contributed by atoms with van der Waals surface area (Å²) in [5.41, 5.74) is -3.25. The van der Waals surface area contributed by atoms with Crippen LogP contribution in [-0.4, -0.2) is 19.4 Å². The number of carbonyl (C=O) groups excluding carboxylic acids is 1. The Morgan fingerprint density at radius 2 is 1.81 bits per heavy atom.